The molecular formula is C19H19ClN2O5. The molecule has 0 fully saturated rings. The molecule has 2 amide bonds. The molecule has 27 heavy (non-hydrogen) atoms. The van der Waals surface area contributed by atoms with E-state index in [1.165, 1.54) is 12.1 Å². The van der Waals surface area contributed by atoms with Crippen molar-refractivity contribution in [2.24, 2.45) is 0 Å². The van der Waals surface area contributed by atoms with E-state index in [1.807, 2.05) is 13.8 Å². The van der Waals surface area contributed by atoms with Crippen LogP contribution in [0, 0.1) is 0 Å². The van der Waals surface area contributed by atoms with E-state index in [2.05, 4.69) is 10.9 Å². The van der Waals surface area contributed by atoms with Crippen molar-refractivity contribution in [3.63, 3.8) is 0 Å². The second kappa shape index (κ2) is 9.59. The fourth-order valence-corrected chi connectivity index (χ4v) is 2.12. The summed E-state index contributed by atoms with van der Waals surface area (Å²) in [5.41, 5.74) is 4.98. The number of benzene rings is 2. The summed E-state index contributed by atoms with van der Waals surface area (Å²) < 4.78 is 10.4. The lowest BCUT2D eigenvalue weighted by atomic mass is 10.2. The average molecular weight is 391 g/mol. The van der Waals surface area contributed by atoms with Crippen LogP contribution in [-0.4, -0.2) is 30.5 Å². The number of carbonyl (C=O) groups excluding carboxylic acids is 3. The summed E-state index contributed by atoms with van der Waals surface area (Å²) in [6.07, 6.45) is 0.0228. The van der Waals surface area contributed by atoms with Gasteiger partial charge in [0.15, 0.2) is 6.61 Å². The smallest absolute Gasteiger partial charge is 0.338 e. The third-order valence-electron chi connectivity index (χ3n) is 3.22. The minimum atomic E-state index is -0.676. The lowest BCUT2D eigenvalue weighted by Gasteiger charge is -2.10. The number of halogens is 1. The van der Waals surface area contributed by atoms with Gasteiger partial charge < -0.3 is 9.47 Å². The number of carbonyl (C=O) groups is 3. The second-order valence-corrected chi connectivity index (χ2v) is 6.21. The number of ether oxygens (including phenoxy) is 2. The Labute approximate surface area is 161 Å². The molecule has 0 aliphatic rings. The molecule has 2 aromatic rings. The predicted octanol–water partition coefficient (Wildman–Crippen LogP) is 2.75. The molecule has 0 radical (unpaired) electrons. The zero-order valence-electron chi connectivity index (χ0n) is 14.8. The van der Waals surface area contributed by atoms with Crippen LogP contribution in [0.25, 0.3) is 0 Å². The minimum Gasteiger partial charge on any atom is -0.491 e. The Morgan fingerprint density at radius 3 is 2.11 bits per heavy atom. The van der Waals surface area contributed by atoms with Gasteiger partial charge in [-0.15, -0.1) is 0 Å². The molecule has 2 rings (SSSR count). The molecule has 0 atom stereocenters. The Morgan fingerprint density at radius 2 is 1.52 bits per heavy atom. The Bertz CT molecular complexity index is 804. The van der Waals surface area contributed by atoms with Crippen LogP contribution in [0.2, 0.25) is 5.02 Å². The van der Waals surface area contributed by atoms with Crippen LogP contribution in [0.5, 0.6) is 5.75 Å². The molecule has 7 nitrogen and oxygen atoms in total. The number of amides is 2. The molecule has 0 bridgehead atoms. The van der Waals surface area contributed by atoms with Gasteiger partial charge in [0.2, 0.25) is 0 Å². The zero-order valence-corrected chi connectivity index (χ0v) is 15.6. The fraction of sp³-hybridized carbons (Fsp3) is 0.211. The van der Waals surface area contributed by atoms with Crippen molar-refractivity contribution in [2.75, 3.05) is 6.61 Å². The van der Waals surface area contributed by atoms with Crippen molar-refractivity contribution in [3.05, 3.63) is 64.7 Å². The quantitative estimate of drug-likeness (QED) is 0.584. The highest BCUT2D eigenvalue weighted by Crippen LogP contribution is 2.14. The molecule has 0 saturated carbocycles. The number of hydrogen-bond acceptors (Lipinski definition) is 5. The van der Waals surface area contributed by atoms with Crippen LogP contribution in [0.3, 0.4) is 0 Å². The van der Waals surface area contributed by atoms with Crippen LogP contribution >= 0.6 is 11.6 Å². The molecule has 0 heterocycles. The molecule has 0 unspecified atom stereocenters. The molecule has 2 N–H and O–H groups in total. The maximum absolute atomic E-state index is 11.9. The van der Waals surface area contributed by atoms with Gasteiger partial charge in [0.25, 0.3) is 11.8 Å². The molecule has 2 aromatic carbocycles. The standard InChI is InChI=1S/C19H19ClN2O5/c1-12(2)27-16-9-5-14(6-10-16)19(25)26-11-17(23)21-22-18(24)13-3-7-15(20)8-4-13/h3-10,12H,11H2,1-2H3,(H,21,23)(H,22,24). The first-order valence-corrected chi connectivity index (χ1v) is 8.51. The molecule has 8 heteroatoms. The number of rotatable bonds is 6. The highest BCUT2D eigenvalue weighted by molar-refractivity contribution is 6.30. The first-order chi connectivity index (χ1) is 12.8. The monoisotopic (exact) mass is 390 g/mol. The number of esters is 1. The van der Waals surface area contributed by atoms with Crippen molar-refractivity contribution in [1.29, 1.82) is 0 Å². The van der Waals surface area contributed by atoms with Crippen molar-refractivity contribution < 1.29 is 23.9 Å². The highest BCUT2D eigenvalue weighted by atomic mass is 35.5. The lowest BCUT2D eigenvalue weighted by molar-refractivity contribution is -0.125. The van der Waals surface area contributed by atoms with Crippen molar-refractivity contribution in [1.82, 2.24) is 10.9 Å². The first-order valence-electron chi connectivity index (χ1n) is 8.13. The van der Waals surface area contributed by atoms with Crippen LogP contribution in [0.1, 0.15) is 34.6 Å². The summed E-state index contributed by atoms with van der Waals surface area (Å²) in [6.45, 7) is 3.25. The fourth-order valence-electron chi connectivity index (χ4n) is 1.99. The molecule has 142 valence electrons. The number of nitrogens with one attached hydrogen (secondary N) is 2. The van der Waals surface area contributed by atoms with Gasteiger partial charge in [-0.25, -0.2) is 4.79 Å². The van der Waals surface area contributed by atoms with Gasteiger partial charge in [0.1, 0.15) is 5.75 Å². The van der Waals surface area contributed by atoms with E-state index in [-0.39, 0.29) is 11.7 Å². The van der Waals surface area contributed by atoms with E-state index in [1.54, 1.807) is 36.4 Å². The van der Waals surface area contributed by atoms with E-state index in [0.717, 1.165) is 0 Å². The Morgan fingerprint density at radius 1 is 0.926 bits per heavy atom. The maximum Gasteiger partial charge on any atom is 0.338 e. The Balaban J connectivity index is 1.76. The van der Waals surface area contributed by atoms with Crippen LogP contribution < -0.4 is 15.6 Å². The summed E-state index contributed by atoms with van der Waals surface area (Å²) in [5, 5.41) is 0.492. The van der Waals surface area contributed by atoms with Crippen LogP contribution in [-0.2, 0) is 9.53 Å². The van der Waals surface area contributed by atoms with E-state index in [4.69, 9.17) is 21.1 Å². The maximum atomic E-state index is 11.9. The Kier molecular flexibility index (Phi) is 7.19. The number of hydrogen-bond donors (Lipinski definition) is 2. The molecular weight excluding hydrogens is 372 g/mol. The lowest BCUT2D eigenvalue weighted by Crippen LogP contribution is -2.43. The summed E-state index contributed by atoms with van der Waals surface area (Å²) in [7, 11) is 0. The van der Waals surface area contributed by atoms with Crippen molar-refractivity contribution >= 4 is 29.4 Å². The predicted molar refractivity (Wildman–Crippen MR) is 99.5 cm³/mol. The van der Waals surface area contributed by atoms with Gasteiger partial charge in [0, 0.05) is 10.6 Å². The van der Waals surface area contributed by atoms with Gasteiger partial charge in [-0.05, 0) is 62.4 Å². The van der Waals surface area contributed by atoms with E-state index in [9.17, 15) is 14.4 Å². The third-order valence-corrected chi connectivity index (χ3v) is 3.47. The van der Waals surface area contributed by atoms with Crippen LogP contribution in [0.4, 0.5) is 0 Å². The van der Waals surface area contributed by atoms with Crippen LogP contribution in [0.15, 0.2) is 48.5 Å². The van der Waals surface area contributed by atoms with Gasteiger partial charge in [0.05, 0.1) is 11.7 Å². The van der Waals surface area contributed by atoms with E-state index < -0.39 is 24.4 Å². The normalized spacial score (nSPS) is 10.2. The largest absolute Gasteiger partial charge is 0.491 e. The van der Waals surface area contributed by atoms with E-state index >= 15 is 0 Å². The van der Waals surface area contributed by atoms with E-state index in [0.29, 0.717) is 16.3 Å². The average Bonchev–Trinajstić information content (AvgIpc) is 2.65. The summed E-state index contributed by atoms with van der Waals surface area (Å²) >= 11 is 5.74. The molecule has 0 aliphatic heterocycles. The zero-order chi connectivity index (χ0) is 19.8. The Hall–Kier alpha value is -3.06. The summed E-state index contributed by atoms with van der Waals surface area (Å²) in [5.74, 6) is -1.23. The van der Waals surface area contributed by atoms with Gasteiger partial charge in [-0.3, -0.25) is 20.4 Å². The first kappa shape index (κ1) is 20.3. The summed E-state index contributed by atoms with van der Waals surface area (Å²) in [4.78, 5) is 35.5. The second-order valence-electron chi connectivity index (χ2n) is 5.78. The minimum absolute atomic E-state index is 0.0228. The summed E-state index contributed by atoms with van der Waals surface area (Å²) in [6, 6.07) is 12.5. The van der Waals surface area contributed by atoms with Crippen molar-refractivity contribution in [2.45, 2.75) is 20.0 Å². The van der Waals surface area contributed by atoms with Gasteiger partial charge in [-0.1, -0.05) is 11.6 Å². The third kappa shape index (κ3) is 6.63. The molecule has 0 spiro atoms. The molecule has 0 aliphatic carbocycles. The SMILES string of the molecule is CC(C)Oc1ccc(C(=O)OCC(=O)NNC(=O)c2ccc(Cl)cc2)cc1. The molecule has 0 aromatic heterocycles. The van der Waals surface area contributed by atoms with Gasteiger partial charge in [-0.2, -0.15) is 0 Å². The molecule has 0 saturated heterocycles. The highest BCUT2D eigenvalue weighted by Gasteiger charge is 2.12. The topological polar surface area (TPSA) is 93.7 Å². The number of hydrazine groups is 1. The van der Waals surface area contributed by atoms with Crippen molar-refractivity contribution in [3.8, 4) is 5.75 Å². The van der Waals surface area contributed by atoms with Gasteiger partial charge >= 0.3 is 5.97 Å².